The first-order chi connectivity index (χ1) is 15.2. The maximum absolute atomic E-state index is 13.3. The van der Waals surface area contributed by atoms with Crippen LogP contribution in [0.2, 0.25) is 0 Å². The summed E-state index contributed by atoms with van der Waals surface area (Å²) >= 11 is 1.39. The summed E-state index contributed by atoms with van der Waals surface area (Å²) < 4.78 is 7.47. The number of hydrogen-bond donors (Lipinski definition) is 0. The van der Waals surface area contributed by atoms with E-state index in [0.717, 1.165) is 11.1 Å². The minimum Gasteiger partial charge on any atom is -0.440 e. The Labute approximate surface area is 182 Å². The summed E-state index contributed by atoms with van der Waals surface area (Å²) in [5, 5.41) is 1.10. The number of hydrogen-bond acceptors (Lipinski definition) is 6. The molecule has 0 spiro atoms. The molecule has 3 aromatic heterocycles. The fourth-order valence-corrected chi connectivity index (χ4v) is 4.15. The molecule has 5 aromatic rings. The summed E-state index contributed by atoms with van der Waals surface area (Å²) in [7, 11) is 0. The zero-order valence-corrected chi connectivity index (χ0v) is 17.5. The molecule has 152 valence electrons. The molecule has 5 rings (SSSR count). The minimum atomic E-state index is -0.149. The third kappa shape index (κ3) is 3.87. The molecule has 3 heterocycles. The van der Waals surface area contributed by atoms with Crippen molar-refractivity contribution in [3.8, 4) is 17.1 Å². The molecule has 0 atom stereocenters. The summed E-state index contributed by atoms with van der Waals surface area (Å²) in [6.07, 6.45) is 3.41. The van der Waals surface area contributed by atoms with E-state index >= 15 is 0 Å². The Morgan fingerprint density at radius 2 is 1.81 bits per heavy atom. The molecule has 0 radical (unpaired) electrons. The Hall–Kier alpha value is -3.71. The number of fused-ring (bicyclic) bond motifs is 1. The summed E-state index contributed by atoms with van der Waals surface area (Å²) in [6, 6.07) is 20.9. The number of nitrogens with zero attached hydrogens (tertiary/aromatic N) is 4. The van der Waals surface area contributed by atoms with Crippen LogP contribution in [0.1, 0.15) is 11.5 Å². The van der Waals surface area contributed by atoms with Gasteiger partial charge in [-0.3, -0.25) is 4.79 Å². The zero-order chi connectivity index (χ0) is 21.2. The molecule has 7 heteroatoms. The molecular weight excluding hydrogens is 408 g/mol. The van der Waals surface area contributed by atoms with E-state index in [1.807, 2.05) is 67.6 Å². The lowest BCUT2D eigenvalue weighted by Crippen LogP contribution is -2.22. The van der Waals surface area contributed by atoms with Crippen LogP contribution in [0.15, 0.2) is 93.5 Å². The molecule has 0 bridgehead atoms. The Bertz CT molecular complexity index is 1430. The predicted octanol–water partition coefficient (Wildman–Crippen LogP) is 5.04. The Morgan fingerprint density at radius 1 is 1.00 bits per heavy atom. The molecule has 0 aliphatic rings. The average Bonchev–Trinajstić information content (AvgIpc) is 3.27. The highest BCUT2D eigenvalue weighted by molar-refractivity contribution is 7.98. The fourth-order valence-electron chi connectivity index (χ4n) is 3.29. The number of aryl methyl sites for hydroxylation is 1. The first-order valence-corrected chi connectivity index (χ1v) is 10.8. The molecule has 31 heavy (non-hydrogen) atoms. The summed E-state index contributed by atoms with van der Waals surface area (Å²) in [5.74, 6) is 2.25. The van der Waals surface area contributed by atoms with E-state index in [0.29, 0.717) is 39.3 Å². The van der Waals surface area contributed by atoms with Crippen LogP contribution in [0.5, 0.6) is 0 Å². The SMILES string of the molecule is Cc1ccnc(-n2c(SCc3ncc(-c4ccccc4)o3)nc3ccccc3c2=O)c1. The van der Waals surface area contributed by atoms with E-state index in [1.54, 1.807) is 23.0 Å². The van der Waals surface area contributed by atoms with Gasteiger partial charge in [-0.2, -0.15) is 0 Å². The molecular formula is C24H18N4O2S. The molecule has 0 fully saturated rings. The lowest BCUT2D eigenvalue weighted by atomic mass is 10.2. The van der Waals surface area contributed by atoms with Gasteiger partial charge in [-0.1, -0.05) is 54.2 Å². The van der Waals surface area contributed by atoms with Crippen molar-refractivity contribution in [1.29, 1.82) is 0 Å². The van der Waals surface area contributed by atoms with E-state index in [-0.39, 0.29) is 5.56 Å². The number of para-hydroxylation sites is 1. The number of thioether (sulfide) groups is 1. The molecule has 0 saturated carbocycles. The van der Waals surface area contributed by atoms with Crippen LogP contribution in [0.25, 0.3) is 28.0 Å². The molecule has 0 aliphatic carbocycles. The van der Waals surface area contributed by atoms with Gasteiger partial charge in [-0.25, -0.2) is 19.5 Å². The quantitative estimate of drug-likeness (QED) is 0.290. The Balaban J connectivity index is 1.53. The Kier molecular flexibility index (Phi) is 5.09. The lowest BCUT2D eigenvalue weighted by Gasteiger charge is -2.12. The highest BCUT2D eigenvalue weighted by Gasteiger charge is 2.16. The zero-order valence-electron chi connectivity index (χ0n) is 16.7. The van der Waals surface area contributed by atoms with E-state index < -0.39 is 0 Å². The number of benzene rings is 2. The largest absolute Gasteiger partial charge is 0.440 e. The molecule has 2 aromatic carbocycles. The minimum absolute atomic E-state index is 0.149. The third-order valence-electron chi connectivity index (χ3n) is 4.81. The van der Waals surface area contributed by atoms with Crippen molar-refractivity contribution in [2.75, 3.05) is 0 Å². The third-order valence-corrected chi connectivity index (χ3v) is 5.73. The van der Waals surface area contributed by atoms with Gasteiger partial charge in [-0.15, -0.1) is 0 Å². The van der Waals surface area contributed by atoms with Crippen molar-refractivity contribution in [3.05, 3.63) is 101 Å². The van der Waals surface area contributed by atoms with Crippen LogP contribution in [0.4, 0.5) is 0 Å². The standard InChI is InChI=1S/C24H18N4O2S/c1-16-11-12-25-21(13-16)28-23(29)18-9-5-6-10-19(18)27-24(28)31-15-22-26-14-20(30-22)17-7-3-2-4-8-17/h2-14H,15H2,1H3. The molecule has 0 amide bonds. The van der Waals surface area contributed by atoms with Gasteiger partial charge in [0.05, 0.1) is 22.9 Å². The van der Waals surface area contributed by atoms with Gasteiger partial charge in [0.25, 0.3) is 5.56 Å². The van der Waals surface area contributed by atoms with Crippen LogP contribution in [0.3, 0.4) is 0 Å². The first-order valence-electron chi connectivity index (χ1n) is 9.77. The Morgan fingerprint density at radius 3 is 2.65 bits per heavy atom. The highest BCUT2D eigenvalue weighted by Crippen LogP contribution is 2.26. The lowest BCUT2D eigenvalue weighted by molar-refractivity contribution is 0.529. The number of rotatable bonds is 5. The van der Waals surface area contributed by atoms with Gasteiger partial charge < -0.3 is 4.42 Å². The van der Waals surface area contributed by atoms with Crippen LogP contribution in [0, 0.1) is 6.92 Å². The van der Waals surface area contributed by atoms with E-state index in [4.69, 9.17) is 9.40 Å². The fraction of sp³-hybridized carbons (Fsp3) is 0.0833. The van der Waals surface area contributed by atoms with Gasteiger partial charge in [-0.05, 0) is 36.8 Å². The molecule has 0 aliphatic heterocycles. The normalized spacial score (nSPS) is 11.1. The predicted molar refractivity (Wildman–Crippen MR) is 121 cm³/mol. The molecule has 0 N–H and O–H groups in total. The summed E-state index contributed by atoms with van der Waals surface area (Å²) in [6.45, 7) is 1.97. The van der Waals surface area contributed by atoms with Crippen LogP contribution in [-0.4, -0.2) is 19.5 Å². The van der Waals surface area contributed by atoms with Gasteiger partial charge in [0, 0.05) is 11.8 Å². The maximum atomic E-state index is 13.3. The van der Waals surface area contributed by atoms with Crippen molar-refractivity contribution in [2.45, 2.75) is 17.8 Å². The number of oxazole rings is 1. The molecule has 0 unspecified atom stereocenters. The summed E-state index contributed by atoms with van der Waals surface area (Å²) in [5.41, 5.74) is 2.48. The molecule has 0 saturated heterocycles. The smallest absolute Gasteiger partial charge is 0.267 e. The average molecular weight is 427 g/mol. The van der Waals surface area contributed by atoms with Crippen molar-refractivity contribution in [1.82, 2.24) is 19.5 Å². The maximum Gasteiger partial charge on any atom is 0.267 e. The van der Waals surface area contributed by atoms with Crippen molar-refractivity contribution < 1.29 is 4.42 Å². The second kappa shape index (κ2) is 8.20. The first kappa shape index (κ1) is 19.3. The van der Waals surface area contributed by atoms with Crippen LogP contribution < -0.4 is 5.56 Å². The molecule has 6 nitrogen and oxygen atoms in total. The summed E-state index contributed by atoms with van der Waals surface area (Å²) in [4.78, 5) is 26.8. The topological polar surface area (TPSA) is 73.8 Å². The van der Waals surface area contributed by atoms with Crippen molar-refractivity contribution in [3.63, 3.8) is 0 Å². The monoisotopic (exact) mass is 426 g/mol. The second-order valence-corrected chi connectivity index (χ2v) is 7.96. The van der Waals surface area contributed by atoms with Gasteiger partial charge in [0.1, 0.15) is 5.82 Å². The second-order valence-electron chi connectivity index (χ2n) is 7.02. The van der Waals surface area contributed by atoms with Crippen LogP contribution in [-0.2, 0) is 5.75 Å². The van der Waals surface area contributed by atoms with E-state index in [2.05, 4.69) is 9.97 Å². The number of pyridine rings is 1. The van der Waals surface area contributed by atoms with Gasteiger partial charge >= 0.3 is 0 Å². The van der Waals surface area contributed by atoms with Crippen molar-refractivity contribution in [2.24, 2.45) is 0 Å². The van der Waals surface area contributed by atoms with E-state index in [1.165, 1.54) is 11.8 Å². The van der Waals surface area contributed by atoms with Gasteiger partial charge in [0.2, 0.25) is 5.89 Å². The highest BCUT2D eigenvalue weighted by atomic mass is 32.2. The van der Waals surface area contributed by atoms with Crippen molar-refractivity contribution >= 4 is 22.7 Å². The van der Waals surface area contributed by atoms with Crippen LogP contribution >= 0.6 is 11.8 Å². The van der Waals surface area contributed by atoms with Gasteiger partial charge in [0.15, 0.2) is 10.9 Å². The number of aromatic nitrogens is 4. The van der Waals surface area contributed by atoms with E-state index in [9.17, 15) is 4.79 Å².